The molecule has 0 aromatic carbocycles. The van der Waals surface area contributed by atoms with Crippen LogP contribution in [0, 0.1) is 0 Å². The molecule has 0 aliphatic rings. The fourth-order valence-electron chi connectivity index (χ4n) is 1.22. The Morgan fingerprint density at radius 2 is 2.29 bits per heavy atom. The van der Waals surface area contributed by atoms with Gasteiger partial charge in [-0.05, 0) is 22.0 Å². The smallest absolute Gasteiger partial charge is 0.135 e. The topological polar surface area (TPSA) is 63.8 Å². The highest BCUT2D eigenvalue weighted by Gasteiger charge is 2.05. The first-order valence-electron chi connectivity index (χ1n) is 5.35. The molecule has 2 aromatic heterocycles. The van der Waals surface area contributed by atoms with E-state index in [4.69, 9.17) is 9.85 Å². The summed E-state index contributed by atoms with van der Waals surface area (Å²) in [6.07, 6.45) is 3.02. The van der Waals surface area contributed by atoms with Gasteiger partial charge in [0.25, 0.3) is 0 Å². The van der Waals surface area contributed by atoms with Gasteiger partial charge in [-0.2, -0.15) is 0 Å². The van der Waals surface area contributed by atoms with E-state index in [2.05, 4.69) is 31.2 Å². The molecule has 3 N–H and O–H groups in total. The number of aromatic nitrogens is 2. The highest BCUT2D eigenvalue weighted by Crippen LogP contribution is 2.28. The molecular formula is C9H9BrN4. The van der Waals surface area contributed by atoms with Crippen molar-refractivity contribution in [2.75, 3.05) is 18.0 Å². The molecule has 0 atom stereocenters. The minimum absolute atomic E-state index is 0.260. The van der Waals surface area contributed by atoms with E-state index in [-0.39, 0.29) is 5.82 Å². The zero-order valence-electron chi connectivity index (χ0n) is 10.1. The first kappa shape index (κ1) is 6.19. The maximum Gasteiger partial charge on any atom is 0.135 e. The number of nitrogens with zero attached hydrogens (tertiary/aromatic N) is 2. The Morgan fingerprint density at radius 3 is 3.07 bits per heavy atom. The van der Waals surface area contributed by atoms with Crippen LogP contribution in [-0.2, 0) is 0 Å². The van der Waals surface area contributed by atoms with Gasteiger partial charge in [0.15, 0.2) is 0 Å². The van der Waals surface area contributed by atoms with Crippen molar-refractivity contribution < 1.29 is 4.11 Å². The molecule has 0 amide bonds. The van der Waals surface area contributed by atoms with Crippen LogP contribution in [0.1, 0.15) is 4.11 Å². The van der Waals surface area contributed by atoms with Crippen molar-refractivity contribution in [3.05, 3.63) is 22.9 Å². The molecule has 0 fully saturated rings. The Labute approximate surface area is 93.9 Å². The summed E-state index contributed by atoms with van der Waals surface area (Å²) in [5.41, 5.74) is 5.59. The normalized spacial score (nSPS) is 14.5. The van der Waals surface area contributed by atoms with E-state index in [9.17, 15) is 0 Å². The van der Waals surface area contributed by atoms with E-state index in [1.807, 2.05) is 0 Å². The summed E-state index contributed by atoms with van der Waals surface area (Å²) in [5, 5.41) is 3.72. The van der Waals surface area contributed by atoms with Crippen molar-refractivity contribution in [2.24, 2.45) is 0 Å². The largest absolute Gasteiger partial charge is 0.384 e. The van der Waals surface area contributed by atoms with Crippen molar-refractivity contribution in [1.29, 1.82) is 0 Å². The third kappa shape index (κ3) is 1.39. The Hall–Kier alpha value is -1.36. The summed E-state index contributed by atoms with van der Waals surface area (Å²) in [5.74, 6) is 0.625. The van der Waals surface area contributed by atoms with E-state index in [1.54, 1.807) is 6.07 Å². The Kier molecular flexibility index (Phi) is 1.51. The summed E-state index contributed by atoms with van der Waals surface area (Å²) in [6, 6.07) is 1.66. The van der Waals surface area contributed by atoms with Crippen LogP contribution in [0.25, 0.3) is 10.8 Å². The Bertz CT molecular complexity index is 570. The fraction of sp³-hybridized carbons (Fsp3) is 0.111. The second-order valence-corrected chi connectivity index (χ2v) is 3.59. The molecule has 2 rings (SSSR count). The number of pyridine rings is 2. The molecule has 14 heavy (non-hydrogen) atoms. The molecular weight excluding hydrogens is 244 g/mol. The Balaban J connectivity index is 2.62. The van der Waals surface area contributed by atoms with E-state index in [0.29, 0.717) is 11.2 Å². The first-order chi connectivity index (χ1) is 7.87. The minimum Gasteiger partial charge on any atom is -0.384 e. The molecule has 0 aliphatic heterocycles. The summed E-state index contributed by atoms with van der Waals surface area (Å²) >= 11 is 3.33. The average molecular weight is 256 g/mol. The summed E-state index contributed by atoms with van der Waals surface area (Å²) in [6.45, 7) is -2.30. The number of nitrogens with one attached hydrogen (secondary N) is 1. The summed E-state index contributed by atoms with van der Waals surface area (Å²) in [4.78, 5) is 7.96. The number of halogens is 1. The van der Waals surface area contributed by atoms with Crippen molar-refractivity contribution in [1.82, 2.24) is 9.97 Å². The molecule has 0 spiro atoms. The van der Waals surface area contributed by atoms with E-state index in [0.717, 1.165) is 9.86 Å². The monoisotopic (exact) mass is 255 g/mol. The predicted molar refractivity (Wildman–Crippen MR) is 61.2 cm³/mol. The lowest BCUT2D eigenvalue weighted by atomic mass is 10.2. The predicted octanol–water partition coefficient (Wildman–Crippen LogP) is 2.02. The van der Waals surface area contributed by atoms with Gasteiger partial charge in [-0.3, -0.25) is 0 Å². The number of hydrogen-bond donors (Lipinski definition) is 2. The maximum absolute atomic E-state index is 7.17. The molecule has 72 valence electrons. The van der Waals surface area contributed by atoms with Gasteiger partial charge in [0.05, 0.1) is 0 Å². The third-order valence-corrected chi connectivity index (χ3v) is 2.49. The minimum atomic E-state index is -2.30. The van der Waals surface area contributed by atoms with Crippen LogP contribution in [0.15, 0.2) is 22.9 Å². The van der Waals surface area contributed by atoms with Crippen LogP contribution >= 0.6 is 15.9 Å². The van der Waals surface area contributed by atoms with Crippen molar-refractivity contribution in [3.63, 3.8) is 0 Å². The first-order valence-corrected chi connectivity index (χ1v) is 4.64. The van der Waals surface area contributed by atoms with Crippen LogP contribution in [-0.4, -0.2) is 16.9 Å². The molecule has 0 saturated carbocycles. The average Bonchev–Trinajstić information content (AvgIpc) is 2.21. The lowest BCUT2D eigenvalue weighted by Crippen LogP contribution is -1.96. The van der Waals surface area contributed by atoms with Gasteiger partial charge in [-0.1, -0.05) is 0 Å². The van der Waals surface area contributed by atoms with E-state index < -0.39 is 6.98 Å². The number of fused-ring (bicyclic) bond motifs is 1. The highest BCUT2D eigenvalue weighted by molar-refractivity contribution is 9.10. The third-order valence-electron chi connectivity index (χ3n) is 1.86. The number of nitrogens with two attached hydrogens (primary N) is 1. The van der Waals surface area contributed by atoms with Gasteiger partial charge in [0, 0.05) is 38.7 Å². The van der Waals surface area contributed by atoms with Crippen LogP contribution in [0.2, 0.25) is 0 Å². The quantitative estimate of drug-likeness (QED) is 0.819. The Morgan fingerprint density at radius 1 is 1.43 bits per heavy atom. The molecule has 0 unspecified atom stereocenters. The van der Waals surface area contributed by atoms with Gasteiger partial charge in [0.1, 0.15) is 11.6 Å². The zero-order valence-corrected chi connectivity index (χ0v) is 8.67. The zero-order chi connectivity index (χ0) is 12.6. The standard InChI is InChI=1S/C9H9BrN4/c1-12-9-6-3-13-8(11)2-5(6)7(10)4-14-9/h2-4H,1H3,(H2,11,13)(H,12,14)/i1D3. The lowest BCUT2D eigenvalue weighted by molar-refractivity contribution is 1.28. The SMILES string of the molecule is [2H]C([2H])([2H])Nc1ncc(Br)c2cc(N)ncc12. The summed E-state index contributed by atoms with van der Waals surface area (Å²) in [7, 11) is 0. The van der Waals surface area contributed by atoms with Gasteiger partial charge in [-0.25, -0.2) is 9.97 Å². The lowest BCUT2D eigenvalue weighted by Gasteiger charge is -2.06. The van der Waals surface area contributed by atoms with E-state index >= 15 is 0 Å². The van der Waals surface area contributed by atoms with Crippen LogP contribution in [0.3, 0.4) is 0 Å². The molecule has 2 aromatic rings. The second kappa shape index (κ2) is 3.42. The van der Waals surface area contributed by atoms with Gasteiger partial charge >= 0.3 is 0 Å². The molecule has 2 heterocycles. The molecule has 4 nitrogen and oxygen atoms in total. The van der Waals surface area contributed by atoms with Gasteiger partial charge < -0.3 is 11.1 Å². The number of rotatable bonds is 1. The van der Waals surface area contributed by atoms with Crippen LogP contribution in [0.5, 0.6) is 0 Å². The van der Waals surface area contributed by atoms with Gasteiger partial charge in [-0.15, -0.1) is 0 Å². The second-order valence-electron chi connectivity index (χ2n) is 2.73. The molecule has 0 bridgehead atoms. The number of anilines is 2. The van der Waals surface area contributed by atoms with Gasteiger partial charge in [0.2, 0.25) is 0 Å². The number of hydrogen-bond acceptors (Lipinski definition) is 4. The van der Waals surface area contributed by atoms with E-state index in [1.165, 1.54) is 12.4 Å². The van der Waals surface area contributed by atoms with Crippen molar-refractivity contribution >= 4 is 38.3 Å². The molecule has 0 aliphatic carbocycles. The summed E-state index contributed by atoms with van der Waals surface area (Å²) < 4.78 is 22.2. The number of nitrogen functional groups attached to an aromatic ring is 1. The van der Waals surface area contributed by atoms with Crippen LogP contribution in [0.4, 0.5) is 11.6 Å². The van der Waals surface area contributed by atoms with Crippen LogP contribution < -0.4 is 11.1 Å². The fourth-order valence-corrected chi connectivity index (χ4v) is 1.65. The molecule has 5 heteroatoms. The maximum atomic E-state index is 7.17. The molecule has 0 saturated heterocycles. The van der Waals surface area contributed by atoms with Crippen molar-refractivity contribution in [3.8, 4) is 0 Å². The molecule has 0 radical (unpaired) electrons. The highest BCUT2D eigenvalue weighted by atomic mass is 79.9. The van der Waals surface area contributed by atoms with Crippen molar-refractivity contribution in [2.45, 2.75) is 0 Å².